The summed E-state index contributed by atoms with van der Waals surface area (Å²) < 4.78 is 0. The van der Waals surface area contributed by atoms with Gasteiger partial charge in [-0.25, -0.2) is 0 Å². The van der Waals surface area contributed by atoms with Crippen LogP contribution in [0.1, 0.15) is 49.8 Å². The van der Waals surface area contributed by atoms with Crippen molar-refractivity contribution in [1.82, 2.24) is 10.3 Å². The van der Waals surface area contributed by atoms with Gasteiger partial charge in [0.2, 0.25) is 5.91 Å². The van der Waals surface area contributed by atoms with Crippen molar-refractivity contribution in [2.45, 2.75) is 52.0 Å². The molecule has 1 fully saturated rings. The molecule has 1 aromatic rings. The van der Waals surface area contributed by atoms with Gasteiger partial charge in [0.25, 0.3) is 0 Å². The number of pyridine rings is 1. The van der Waals surface area contributed by atoms with Crippen LogP contribution >= 0.6 is 0 Å². The lowest BCUT2D eigenvalue weighted by Gasteiger charge is -2.09. The van der Waals surface area contributed by atoms with E-state index in [0.29, 0.717) is 13.0 Å². The number of hydrogen-bond donors (Lipinski definition) is 1. The summed E-state index contributed by atoms with van der Waals surface area (Å²) >= 11 is 0. The number of amides is 1. The highest BCUT2D eigenvalue weighted by molar-refractivity contribution is 5.75. The number of rotatable bonds is 5. The second-order valence-corrected chi connectivity index (χ2v) is 5.27. The van der Waals surface area contributed by atoms with Gasteiger partial charge in [0.15, 0.2) is 0 Å². The van der Waals surface area contributed by atoms with Crippen molar-refractivity contribution in [3.63, 3.8) is 0 Å². The Morgan fingerprint density at radius 2 is 2.17 bits per heavy atom. The number of carbonyl (C=O) groups is 1. The van der Waals surface area contributed by atoms with E-state index in [2.05, 4.69) is 10.3 Å². The van der Waals surface area contributed by atoms with Crippen LogP contribution in [0, 0.1) is 12.8 Å². The van der Waals surface area contributed by atoms with Crippen LogP contribution in [0.25, 0.3) is 0 Å². The molecule has 0 saturated heterocycles. The Bertz CT molecular complexity index is 380. The molecule has 18 heavy (non-hydrogen) atoms. The highest BCUT2D eigenvalue weighted by Crippen LogP contribution is 2.28. The first-order valence-electron chi connectivity index (χ1n) is 6.92. The minimum Gasteiger partial charge on any atom is -0.352 e. The van der Waals surface area contributed by atoms with E-state index in [9.17, 15) is 4.79 Å². The normalized spacial score (nSPS) is 15.8. The smallest absolute Gasteiger partial charge is 0.220 e. The summed E-state index contributed by atoms with van der Waals surface area (Å²) in [4.78, 5) is 15.9. The van der Waals surface area contributed by atoms with Crippen molar-refractivity contribution in [3.8, 4) is 0 Å². The molecule has 98 valence electrons. The molecule has 2 rings (SSSR count). The molecule has 1 amide bonds. The minimum atomic E-state index is 0.169. The van der Waals surface area contributed by atoms with Crippen LogP contribution in [0.3, 0.4) is 0 Å². The van der Waals surface area contributed by atoms with Crippen molar-refractivity contribution in [2.75, 3.05) is 0 Å². The number of aromatic nitrogens is 1. The molecule has 1 aliphatic carbocycles. The summed E-state index contributed by atoms with van der Waals surface area (Å²) in [5, 5.41) is 2.96. The minimum absolute atomic E-state index is 0.169. The molecule has 3 nitrogen and oxygen atoms in total. The molecule has 0 spiro atoms. The Labute approximate surface area is 109 Å². The highest BCUT2D eigenvalue weighted by atomic mass is 16.1. The van der Waals surface area contributed by atoms with Gasteiger partial charge in [-0.15, -0.1) is 0 Å². The maximum atomic E-state index is 11.7. The van der Waals surface area contributed by atoms with Crippen LogP contribution in [0.15, 0.2) is 18.3 Å². The van der Waals surface area contributed by atoms with E-state index < -0.39 is 0 Å². The van der Waals surface area contributed by atoms with Crippen LogP contribution in [-0.2, 0) is 11.3 Å². The van der Waals surface area contributed by atoms with E-state index in [1.807, 2.05) is 25.3 Å². The summed E-state index contributed by atoms with van der Waals surface area (Å²) in [5.41, 5.74) is 2.07. The van der Waals surface area contributed by atoms with Gasteiger partial charge in [-0.05, 0) is 30.9 Å². The summed E-state index contributed by atoms with van der Waals surface area (Å²) in [5.74, 6) is 0.958. The average Bonchev–Trinajstić information content (AvgIpc) is 2.89. The number of carbonyl (C=O) groups excluding carboxylic acids is 1. The van der Waals surface area contributed by atoms with Gasteiger partial charge >= 0.3 is 0 Å². The fourth-order valence-electron chi connectivity index (χ4n) is 2.53. The monoisotopic (exact) mass is 246 g/mol. The first kappa shape index (κ1) is 13.1. The number of aryl methyl sites for hydroxylation is 1. The first-order valence-corrected chi connectivity index (χ1v) is 6.92. The molecule has 0 aliphatic heterocycles. The summed E-state index contributed by atoms with van der Waals surface area (Å²) in [6.07, 6.45) is 8.88. The quantitative estimate of drug-likeness (QED) is 0.867. The molecule has 1 aromatic heterocycles. The van der Waals surface area contributed by atoms with Gasteiger partial charge in [-0.3, -0.25) is 9.78 Å². The van der Waals surface area contributed by atoms with Crippen LogP contribution in [0.2, 0.25) is 0 Å². The summed E-state index contributed by atoms with van der Waals surface area (Å²) in [7, 11) is 0. The van der Waals surface area contributed by atoms with Crippen molar-refractivity contribution in [2.24, 2.45) is 5.92 Å². The predicted octanol–water partition coefficient (Wildman–Crippen LogP) is 2.98. The van der Waals surface area contributed by atoms with Gasteiger partial charge in [0.05, 0.1) is 0 Å². The Morgan fingerprint density at radius 1 is 1.39 bits per heavy atom. The molecule has 0 bridgehead atoms. The fraction of sp³-hybridized carbons (Fsp3) is 0.600. The predicted molar refractivity (Wildman–Crippen MR) is 72.0 cm³/mol. The third kappa shape index (κ3) is 4.13. The van der Waals surface area contributed by atoms with E-state index in [4.69, 9.17) is 0 Å². The first-order chi connectivity index (χ1) is 8.74. The van der Waals surface area contributed by atoms with Crippen molar-refractivity contribution in [1.29, 1.82) is 0 Å². The summed E-state index contributed by atoms with van der Waals surface area (Å²) in [6, 6.07) is 3.99. The average molecular weight is 246 g/mol. The Kier molecular flexibility index (Phi) is 4.73. The lowest BCUT2D eigenvalue weighted by atomic mass is 10.0. The van der Waals surface area contributed by atoms with E-state index in [-0.39, 0.29) is 5.91 Å². The van der Waals surface area contributed by atoms with Gasteiger partial charge in [0.1, 0.15) is 0 Å². The Balaban J connectivity index is 1.66. The molecular weight excluding hydrogens is 224 g/mol. The van der Waals surface area contributed by atoms with E-state index in [0.717, 1.165) is 23.6 Å². The van der Waals surface area contributed by atoms with Crippen LogP contribution in [-0.4, -0.2) is 10.9 Å². The number of hydrogen-bond acceptors (Lipinski definition) is 2. The highest BCUT2D eigenvalue weighted by Gasteiger charge is 2.15. The lowest BCUT2D eigenvalue weighted by Crippen LogP contribution is -2.23. The van der Waals surface area contributed by atoms with Gasteiger partial charge in [0, 0.05) is 24.9 Å². The Morgan fingerprint density at radius 3 is 2.83 bits per heavy atom. The molecule has 1 aliphatic rings. The fourth-order valence-corrected chi connectivity index (χ4v) is 2.53. The maximum Gasteiger partial charge on any atom is 0.220 e. The maximum absolute atomic E-state index is 11.7. The zero-order valence-corrected chi connectivity index (χ0v) is 11.1. The molecule has 3 heteroatoms. The molecular formula is C15H22N2O. The Hall–Kier alpha value is -1.38. The van der Waals surface area contributed by atoms with Crippen molar-refractivity contribution in [3.05, 3.63) is 29.6 Å². The second kappa shape index (κ2) is 6.53. The van der Waals surface area contributed by atoms with Gasteiger partial charge < -0.3 is 5.32 Å². The second-order valence-electron chi connectivity index (χ2n) is 5.27. The summed E-state index contributed by atoms with van der Waals surface area (Å²) in [6.45, 7) is 2.56. The molecule has 0 radical (unpaired) electrons. The van der Waals surface area contributed by atoms with Crippen LogP contribution in [0.4, 0.5) is 0 Å². The molecule has 0 aromatic carbocycles. The van der Waals surface area contributed by atoms with Crippen molar-refractivity contribution >= 4 is 5.91 Å². The van der Waals surface area contributed by atoms with E-state index >= 15 is 0 Å². The standard InChI is InChI=1S/C15H22N2O/c1-12-6-7-14(10-16-12)11-17-15(18)9-8-13-4-2-3-5-13/h6-7,10,13H,2-5,8-9,11H2,1H3,(H,17,18). The molecule has 1 heterocycles. The van der Waals surface area contributed by atoms with E-state index in [1.54, 1.807) is 0 Å². The van der Waals surface area contributed by atoms with Gasteiger partial charge in [-0.2, -0.15) is 0 Å². The van der Waals surface area contributed by atoms with E-state index in [1.165, 1.54) is 25.7 Å². The largest absolute Gasteiger partial charge is 0.352 e. The number of nitrogens with one attached hydrogen (secondary N) is 1. The third-order valence-electron chi connectivity index (χ3n) is 3.72. The van der Waals surface area contributed by atoms with Crippen molar-refractivity contribution < 1.29 is 4.79 Å². The molecule has 1 N–H and O–H groups in total. The molecule has 1 saturated carbocycles. The zero-order chi connectivity index (χ0) is 12.8. The zero-order valence-electron chi connectivity index (χ0n) is 11.1. The SMILES string of the molecule is Cc1ccc(CNC(=O)CCC2CCCC2)cn1. The molecule has 0 atom stereocenters. The number of nitrogens with zero attached hydrogens (tertiary/aromatic N) is 1. The van der Waals surface area contributed by atoms with Crippen LogP contribution in [0.5, 0.6) is 0 Å². The lowest BCUT2D eigenvalue weighted by molar-refractivity contribution is -0.121. The topological polar surface area (TPSA) is 42.0 Å². The molecule has 0 unspecified atom stereocenters. The third-order valence-corrected chi connectivity index (χ3v) is 3.72. The van der Waals surface area contributed by atoms with Gasteiger partial charge in [-0.1, -0.05) is 31.7 Å². The van der Waals surface area contributed by atoms with Crippen LogP contribution < -0.4 is 5.32 Å².